The maximum absolute atomic E-state index is 5.62. The first kappa shape index (κ1) is 12.5. The second kappa shape index (κ2) is 6.84. The van der Waals surface area contributed by atoms with E-state index >= 15 is 0 Å². The molecular weight excluding hydrogens is 406 g/mol. The fourth-order valence-corrected chi connectivity index (χ4v) is 2.11. The zero-order valence-corrected chi connectivity index (χ0v) is 12.2. The maximum atomic E-state index is 5.62. The fourth-order valence-electron chi connectivity index (χ4n) is 1.09. The standard InChI is InChI=1S/C10H12I2O2/c1-13-9-5-3-2-4-8(9)10(12)14-7-6-11/h2-5,10H,6-7H2,1H3. The SMILES string of the molecule is COc1ccccc1C(I)OCCI. The van der Waals surface area contributed by atoms with Crippen LogP contribution in [0.1, 0.15) is 9.67 Å². The molecule has 0 fully saturated rings. The van der Waals surface area contributed by atoms with E-state index in [2.05, 4.69) is 45.2 Å². The first-order valence-corrected chi connectivity index (χ1v) is 7.01. The van der Waals surface area contributed by atoms with Crippen molar-refractivity contribution in [3.05, 3.63) is 29.8 Å². The topological polar surface area (TPSA) is 18.5 Å². The van der Waals surface area contributed by atoms with E-state index in [-0.39, 0.29) is 4.11 Å². The van der Waals surface area contributed by atoms with Crippen LogP contribution in [-0.2, 0) is 4.74 Å². The first-order valence-electron chi connectivity index (χ1n) is 4.24. The molecule has 1 unspecified atom stereocenters. The van der Waals surface area contributed by atoms with Gasteiger partial charge in [0.25, 0.3) is 0 Å². The van der Waals surface area contributed by atoms with E-state index in [1.807, 2.05) is 24.3 Å². The van der Waals surface area contributed by atoms with Gasteiger partial charge in [-0.1, -0.05) is 40.8 Å². The molecule has 0 radical (unpaired) electrons. The van der Waals surface area contributed by atoms with Crippen molar-refractivity contribution in [1.82, 2.24) is 0 Å². The van der Waals surface area contributed by atoms with Crippen LogP contribution in [0.25, 0.3) is 0 Å². The van der Waals surface area contributed by atoms with Gasteiger partial charge in [0, 0.05) is 9.99 Å². The van der Waals surface area contributed by atoms with Crippen LogP contribution < -0.4 is 4.74 Å². The minimum absolute atomic E-state index is 0.0681. The van der Waals surface area contributed by atoms with Gasteiger partial charge in [0.1, 0.15) is 9.86 Å². The third kappa shape index (κ3) is 3.54. The van der Waals surface area contributed by atoms with E-state index in [9.17, 15) is 0 Å². The smallest absolute Gasteiger partial charge is 0.137 e. The monoisotopic (exact) mass is 418 g/mol. The van der Waals surface area contributed by atoms with Gasteiger partial charge in [0.05, 0.1) is 13.7 Å². The average Bonchev–Trinajstić information content (AvgIpc) is 2.25. The van der Waals surface area contributed by atoms with Crippen LogP contribution in [0.3, 0.4) is 0 Å². The van der Waals surface area contributed by atoms with Gasteiger partial charge in [0.2, 0.25) is 0 Å². The lowest BCUT2D eigenvalue weighted by Crippen LogP contribution is -2.01. The number of alkyl halides is 2. The van der Waals surface area contributed by atoms with Crippen molar-refractivity contribution in [2.75, 3.05) is 18.1 Å². The predicted molar refractivity (Wildman–Crippen MR) is 74.6 cm³/mol. The second-order valence-corrected chi connectivity index (χ2v) is 4.83. The highest BCUT2D eigenvalue weighted by atomic mass is 127. The van der Waals surface area contributed by atoms with Crippen LogP contribution >= 0.6 is 45.2 Å². The van der Waals surface area contributed by atoms with Crippen molar-refractivity contribution >= 4 is 45.2 Å². The zero-order valence-electron chi connectivity index (χ0n) is 7.87. The number of ether oxygens (including phenoxy) is 2. The molecule has 0 amide bonds. The minimum atomic E-state index is 0.0681. The van der Waals surface area contributed by atoms with Crippen molar-refractivity contribution in [2.45, 2.75) is 4.11 Å². The molecule has 1 atom stereocenters. The van der Waals surface area contributed by atoms with Crippen LogP contribution in [0.5, 0.6) is 5.75 Å². The van der Waals surface area contributed by atoms with Crippen LogP contribution in [0, 0.1) is 0 Å². The molecule has 0 aliphatic carbocycles. The van der Waals surface area contributed by atoms with E-state index in [1.54, 1.807) is 7.11 Å². The normalized spacial score (nSPS) is 12.5. The molecule has 0 N–H and O–H groups in total. The Balaban J connectivity index is 2.72. The van der Waals surface area contributed by atoms with Crippen molar-refractivity contribution in [1.29, 1.82) is 0 Å². The molecule has 1 rings (SSSR count). The van der Waals surface area contributed by atoms with Gasteiger partial charge in [-0.3, -0.25) is 0 Å². The summed E-state index contributed by atoms with van der Waals surface area (Å²) in [6.07, 6.45) is 0. The van der Waals surface area contributed by atoms with Gasteiger partial charge >= 0.3 is 0 Å². The highest BCUT2D eigenvalue weighted by Gasteiger charge is 2.11. The highest BCUT2D eigenvalue weighted by Crippen LogP contribution is 2.32. The van der Waals surface area contributed by atoms with Crippen LogP contribution in [0.15, 0.2) is 24.3 Å². The lowest BCUT2D eigenvalue weighted by molar-refractivity contribution is 0.139. The summed E-state index contributed by atoms with van der Waals surface area (Å²) in [7, 11) is 1.68. The van der Waals surface area contributed by atoms with Crippen molar-refractivity contribution in [2.24, 2.45) is 0 Å². The van der Waals surface area contributed by atoms with Crippen molar-refractivity contribution in [3.8, 4) is 5.75 Å². The summed E-state index contributed by atoms with van der Waals surface area (Å²) in [5, 5.41) is 0. The molecule has 0 aliphatic rings. The van der Waals surface area contributed by atoms with Gasteiger partial charge in [-0.05, 0) is 28.7 Å². The molecule has 0 aliphatic heterocycles. The molecule has 0 spiro atoms. The summed E-state index contributed by atoms with van der Waals surface area (Å²) in [5.74, 6) is 0.889. The van der Waals surface area contributed by atoms with Gasteiger partial charge in [-0.25, -0.2) is 0 Å². The Bertz CT molecular complexity index is 279. The number of hydrogen-bond acceptors (Lipinski definition) is 2. The van der Waals surface area contributed by atoms with E-state index in [4.69, 9.17) is 9.47 Å². The molecular formula is C10H12I2O2. The van der Waals surface area contributed by atoms with Crippen molar-refractivity contribution < 1.29 is 9.47 Å². The molecule has 2 nitrogen and oxygen atoms in total. The molecule has 0 heterocycles. The third-order valence-corrected chi connectivity index (χ3v) is 3.20. The largest absolute Gasteiger partial charge is 0.496 e. The minimum Gasteiger partial charge on any atom is -0.496 e. The lowest BCUT2D eigenvalue weighted by atomic mass is 10.2. The number of rotatable bonds is 5. The Kier molecular flexibility index (Phi) is 6.11. The molecule has 14 heavy (non-hydrogen) atoms. The quantitative estimate of drug-likeness (QED) is 0.538. The number of halogens is 2. The van der Waals surface area contributed by atoms with Crippen LogP contribution in [-0.4, -0.2) is 18.1 Å². The van der Waals surface area contributed by atoms with Gasteiger partial charge < -0.3 is 9.47 Å². The Labute approximate surface area is 112 Å². The summed E-state index contributed by atoms with van der Waals surface area (Å²) in [5.41, 5.74) is 1.10. The summed E-state index contributed by atoms with van der Waals surface area (Å²) < 4.78 is 12.0. The van der Waals surface area contributed by atoms with E-state index in [0.29, 0.717) is 0 Å². The lowest BCUT2D eigenvalue weighted by Gasteiger charge is -2.14. The Morgan fingerprint density at radius 3 is 2.71 bits per heavy atom. The second-order valence-electron chi connectivity index (χ2n) is 2.62. The first-order chi connectivity index (χ1) is 6.79. The van der Waals surface area contributed by atoms with Gasteiger partial charge in [-0.15, -0.1) is 0 Å². The summed E-state index contributed by atoms with van der Waals surface area (Å²) in [6, 6.07) is 7.94. The summed E-state index contributed by atoms with van der Waals surface area (Å²) in [6.45, 7) is 0.770. The highest BCUT2D eigenvalue weighted by molar-refractivity contribution is 14.1. The Morgan fingerprint density at radius 2 is 2.07 bits per heavy atom. The fraction of sp³-hybridized carbons (Fsp3) is 0.400. The molecule has 0 bridgehead atoms. The summed E-state index contributed by atoms with van der Waals surface area (Å²) >= 11 is 4.57. The molecule has 78 valence electrons. The van der Waals surface area contributed by atoms with Crippen LogP contribution in [0.4, 0.5) is 0 Å². The van der Waals surface area contributed by atoms with Gasteiger partial charge in [-0.2, -0.15) is 0 Å². The third-order valence-electron chi connectivity index (χ3n) is 1.72. The maximum Gasteiger partial charge on any atom is 0.137 e. The number of para-hydroxylation sites is 1. The van der Waals surface area contributed by atoms with E-state index < -0.39 is 0 Å². The van der Waals surface area contributed by atoms with Gasteiger partial charge in [0.15, 0.2) is 0 Å². The Morgan fingerprint density at radius 1 is 1.36 bits per heavy atom. The zero-order chi connectivity index (χ0) is 10.4. The molecule has 0 saturated carbocycles. The summed E-state index contributed by atoms with van der Waals surface area (Å²) in [4.78, 5) is 0. The van der Waals surface area contributed by atoms with Crippen LogP contribution in [0.2, 0.25) is 0 Å². The molecule has 1 aromatic rings. The molecule has 4 heteroatoms. The molecule has 0 saturated heterocycles. The number of benzene rings is 1. The molecule has 1 aromatic carbocycles. The predicted octanol–water partition coefficient (Wildman–Crippen LogP) is 3.58. The number of hydrogen-bond donors (Lipinski definition) is 0. The van der Waals surface area contributed by atoms with E-state index in [0.717, 1.165) is 22.3 Å². The van der Waals surface area contributed by atoms with E-state index in [1.165, 1.54) is 0 Å². The van der Waals surface area contributed by atoms with Crippen molar-refractivity contribution in [3.63, 3.8) is 0 Å². The number of methoxy groups -OCH3 is 1. The average molecular weight is 418 g/mol. The molecule has 0 aromatic heterocycles. The Hall–Kier alpha value is 0.440.